The lowest BCUT2D eigenvalue weighted by molar-refractivity contribution is -0.122. The van der Waals surface area contributed by atoms with Crippen LogP contribution in [0.3, 0.4) is 0 Å². The van der Waals surface area contributed by atoms with Gasteiger partial charge in [-0.05, 0) is 38.1 Å². The molecule has 1 heterocycles. The third-order valence-electron chi connectivity index (χ3n) is 3.45. The van der Waals surface area contributed by atoms with Gasteiger partial charge >= 0.3 is 0 Å². The maximum atomic E-state index is 12.3. The van der Waals surface area contributed by atoms with E-state index >= 15 is 0 Å². The van der Waals surface area contributed by atoms with Crippen molar-refractivity contribution in [2.45, 2.75) is 26.4 Å². The first kappa shape index (κ1) is 15.0. The van der Waals surface area contributed by atoms with Crippen molar-refractivity contribution in [2.24, 2.45) is 0 Å². The molecule has 0 fully saturated rings. The molecule has 0 saturated heterocycles. The number of nitrogens with zero attached hydrogens (tertiary/aromatic N) is 1. The molecule has 0 aliphatic rings. The molecule has 2 aromatic rings. The van der Waals surface area contributed by atoms with E-state index in [1.807, 2.05) is 49.1 Å². The van der Waals surface area contributed by atoms with Crippen LogP contribution in [0.4, 0.5) is 11.4 Å². The van der Waals surface area contributed by atoms with Crippen LogP contribution in [0.5, 0.6) is 0 Å². The van der Waals surface area contributed by atoms with Gasteiger partial charge in [0.2, 0.25) is 5.91 Å². The number of nitrogens with two attached hydrogens (primary N) is 1. The molecule has 0 aliphatic heterocycles. The van der Waals surface area contributed by atoms with Crippen LogP contribution in [-0.2, 0) is 11.3 Å². The first-order chi connectivity index (χ1) is 10.1. The number of carbonyl (C=O) groups is 1. The number of anilines is 2. The Kier molecular flexibility index (Phi) is 4.87. The van der Waals surface area contributed by atoms with Gasteiger partial charge in [-0.1, -0.05) is 12.1 Å². The van der Waals surface area contributed by atoms with Crippen LogP contribution in [0.2, 0.25) is 0 Å². The van der Waals surface area contributed by atoms with E-state index in [2.05, 4.69) is 5.32 Å². The van der Waals surface area contributed by atoms with Gasteiger partial charge in [-0.2, -0.15) is 0 Å². The Bertz CT molecular complexity index is 581. The molecule has 0 bridgehead atoms. The predicted molar refractivity (Wildman–Crippen MR) is 83.9 cm³/mol. The van der Waals surface area contributed by atoms with Gasteiger partial charge < -0.3 is 20.4 Å². The monoisotopic (exact) mass is 287 g/mol. The van der Waals surface area contributed by atoms with Crippen LogP contribution in [0.15, 0.2) is 47.1 Å². The average molecular weight is 287 g/mol. The van der Waals surface area contributed by atoms with Crippen molar-refractivity contribution in [2.75, 3.05) is 17.2 Å². The highest BCUT2D eigenvalue weighted by molar-refractivity contribution is 5.86. The highest BCUT2D eigenvalue weighted by Crippen LogP contribution is 2.24. The maximum absolute atomic E-state index is 12.3. The molecule has 2 rings (SSSR count). The summed E-state index contributed by atoms with van der Waals surface area (Å²) in [6, 6.07) is 10.9. The Morgan fingerprint density at radius 3 is 2.71 bits per heavy atom. The number of carbonyl (C=O) groups excluding carboxylic acids is 1. The van der Waals surface area contributed by atoms with Gasteiger partial charge in [0, 0.05) is 6.54 Å². The number of furan rings is 1. The fourth-order valence-electron chi connectivity index (χ4n) is 2.28. The summed E-state index contributed by atoms with van der Waals surface area (Å²) in [4.78, 5) is 14.3. The van der Waals surface area contributed by atoms with Gasteiger partial charge in [-0.15, -0.1) is 0 Å². The molecule has 0 spiro atoms. The molecule has 3 N–H and O–H groups in total. The lowest BCUT2D eigenvalue weighted by Crippen LogP contribution is -2.45. The summed E-state index contributed by atoms with van der Waals surface area (Å²) in [7, 11) is 0. The van der Waals surface area contributed by atoms with Gasteiger partial charge in [0.1, 0.15) is 11.8 Å². The normalized spacial score (nSPS) is 11.9. The summed E-state index contributed by atoms with van der Waals surface area (Å²) >= 11 is 0. The first-order valence-corrected chi connectivity index (χ1v) is 7.04. The van der Waals surface area contributed by atoms with Gasteiger partial charge in [0.05, 0.1) is 24.2 Å². The molecule has 1 unspecified atom stereocenters. The maximum Gasteiger partial charge on any atom is 0.242 e. The van der Waals surface area contributed by atoms with E-state index in [-0.39, 0.29) is 11.9 Å². The lowest BCUT2D eigenvalue weighted by Gasteiger charge is -2.30. The molecule has 0 saturated carbocycles. The van der Waals surface area contributed by atoms with E-state index in [1.165, 1.54) is 0 Å². The second kappa shape index (κ2) is 6.83. The van der Waals surface area contributed by atoms with E-state index in [0.29, 0.717) is 18.8 Å². The van der Waals surface area contributed by atoms with E-state index in [1.54, 1.807) is 12.3 Å². The summed E-state index contributed by atoms with van der Waals surface area (Å²) in [5, 5.41) is 2.87. The number of nitrogens with one attached hydrogen (secondary N) is 1. The van der Waals surface area contributed by atoms with E-state index in [0.717, 1.165) is 11.4 Å². The molecular weight excluding hydrogens is 266 g/mol. The highest BCUT2D eigenvalue weighted by atomic mass is 16.3. The lowest BCUT2D eigenvalue weighted by atomic mass is 10.2. The van der Waals surface area contributed by atoms with Crippen LogP contribution in [0.25, 0.3) is 0 Å². The number of hydrogen-bond acceptors (Lipinski definition) is 4. The molecule has 5 heteroatoms. The van der Waals surface area contributed by atoms with Crippen LogP contribution in [0.1, 0.15) is 19.6 Å². The quantitative estimate of drug-likeness (QED) is 0.800. The molecule has 1 amide bonds. The molecular formula is C16H21N3O2. The van der Waals surface area contributed by atoms with E-state index in [9.17, 15) is 4.79 Å². The van der Waals surface area contributed by atoms with Crippen molar-refractivity contribution in [3.8, 4) is 0 Å². The standard InChI is InChI=1S/C16H21N3O2/c1-3-19(15-9-5-4-8-14(15)17)12(2)16(20)18-11-13-7-6-10-21-13/h4-10,12H,3,11,17H2,1-2H3,(H,18,20). The SMILES string of the molecule is CCN(c1ccccc1N)C(C)C(=O)NCc1ccco1. The van der Waals surface area contributed by atoms with Gasteiger partial charge in [-0.25, -0.2) is 0 Å². The summed E-state index contributed by atoms with van der Waals surface area (Å²) < 4.78 is 5.21. The molecule has 1 atom stereocenters. The smallest absolute Gasteiger partial charge is 0.242 e. The number of rotatable bonds is 6. The number of amides is 1. The Morgan fingerprint density at radius 1 is 1.33 bits per heavy atom. The number of nitrogen functional groups attached to an aromatic ring is 1. The third-order valence-corrected chi connectivity index (χ3v) is 3.45. The minimum Gasteiger partial charge on any atom is -0.467 e. The highest BCUT2D eigenvalue weighted by Gasteiger charge is 2.21. The topological polar surface area (TPSA) is 71.5 Å². The molecule has 0 radical (unpaired) electrons. The third kappa shape index (κ3) is 3.56. The molecule has 21 heavy (non-hydrogen) atoms. The van der Waals surface area contributed by atoms with Crippen molar-refractivity contribution in [3.05, 3.63) is 48.4 Å². The predicted octanol–water partition coefficient (Wildman–Crippen LogP) is 2.39. The van der Waals surface area contributed by atoms with Gasteiger partial charge in [-0.3, -0.25) is 4.79 Å². The number of hydrogen-bond donors (Lipinski definition) is 2. The van der Waals surface area contributed by atoms with Crippen molar-refractivity contribution in [3.63, 3.8) is 0 Å². The minimum absolute atomic E-state index is 0.0588. The Morgan fingerprint density at radius 2 is 2.10 bits per heavy atom. The largest absolute Gasteiger partial charge is 0.467 e. The van der Waals surface area contributed by atoms with Crippen LogP contribution in [0, 0.1) is 0 Å². The van der Waals surface area contributed by atoms with Crippen molar-refractivity contribution >= 4 is 17.3 Å². The number of benzene rings is 1. The van der Waals surface area contributed by atoms with E-state index < -0.39 is 0 Å². The summed E-state index contributed by atoms with van der Waals surface area (Å²) in [6.45, 7) is 4.96. The fourth-order valence-corrected chi connectivity index (χ4v) is 2.28. The van der Waals surface area contributed by atoms with E-state index in [4.69, 9.17) is 10.2 Å². The van der Waals surface area contributed by atoms with Crippen LogP contribution in [-0.4, -0.2) is 18.5 Å². The molecule has 112 valence electrons. The Hall–Kier alpha value is -2.43. The molecule has 0 aliphatic carbocycles. The second-order valence-electron chi connectivity index (χ2n) is 4.82. The van der Waals surface area contributed by atoms with Crippen LogP contribution >= 0.6 is 0 Å². The van der Waals surface area contributed by atoms with Crippen LogP contribution < -0.4 is 16.0 Å². The summed E-state index contributed by atoms with van der Waals surface area (Å²) in [5.74, 6) is 0.675. The van der Waals surface area contributed by atoms with Crippen molar-refractivity contribution in [1.29, 1.82) is 0 Å². The second-order valence-corrected chi connectivity index (χ2v) is 4.82. The van der Waals surface area contributed by atoms with Gasteiger partial charge in [0.15, 0.2) is 0 Å². The zero-order valence-corrected chi connectivity index (χ0v) is 12.4. The fraction of sp³-hybridized carbons (Fsp3) is 0.312. The average Bonchev–Trinajstić information content (AvgIpc) is 3.00. The zero-order chi connectivity index (χ0) is 15.2. The number of likely N-dealkylation sites (N-methyl/N-ethyl adjacent to an activating group) is 1. The number of para-hydroxylation sites is 2. The Labute approximate surface area is 124 Å². The first-order valence-electron chi connectivity index (χ1n) is 7.04. The summed E-state index contributed by atoms with van der Waals surface area (Å²) in [5.41, 5.74) is 7.54. The molecule has 1 aromatic heterocycles. The van der Waals surface area contributed by atoms with Gasteiger partial charge in [0.25, 0.3) is 0 Å². The van der Waals surface area contributed by atoms with Crippen molar-refractivity contribution < 1.29 is 9.21 Å². The molecule has 1 aromatic carbocycles. The minimum atomic E-state index is -0.310. The van der Waals surface area contributed by atoms with Crippen molar-refractivity contribution in [1.82, 2.24) is 5.32 Å². The zero-order valence-electron chi connectivity index (χ0n) is 12.4. The Balaban J connectivity index is 2.04. The molecule has 5 nitrogen and oxygen atoms in total. The summed E-state index contributed by atoms with van der Waals surface area (Å²) in [6.07, 6.45) is 1.59.